The third-order valence-electron chi connectivity index (χ3n) is 6.83. The highest BCUT2D eigenvalue weighted by Gasteiger charge is 2.34. The standard InChI is InChI=1S/C26H24N2O3/c1-31-16-8-10-17-15(13-16)7-9-19-22(17)24-20(14-27-26(24)30)23-18-5-2-3-6-21(18)28(25(19)23)11-4-12-29/h2-3,5-6,8,10,13,29H,4,7,9,11-12,14H2,1H3,(H,27,30). The number of benzene rings is 3. The molecular weight excluding hydrogens is 388 g/mol. The van der Waals surface area contributed by atoms with Crippen molar-refractivity contribution in [1.29, 1.82) is 0 Å². The summed E-state index contributed by atoms with van der Waals surface area (Å²) in [5.74, 6) is 0.866. The predicted molar refractivity (Wildman–Crippen MR) is 122 cm³/mol. The second-order valence-corrected chi connectivity index (χ2v) is 8.38. The molecule has 2 aliphatic rings. The summed E-state index contributed by atoms with van der Waals surface area (Å²) < 4.78 is 7.81. The van der Waals surface area contributed by atoms with Gasteiger partial charge in [-0.05, 0) is 59.7 Å². The minimum Gasteiger partial charge on any atom is -0.497 e. The fourth-order valence-corrected chi connectivity index (χ4v) is 5.56. The average Bonchev–Trinajstić information content (AvgIpc) is 3.35. The van der Waals surface area contributed by atoms with Crippen LogP contribution in [0.2, 0.25) is 0 Å². The van der Waals surface area contributed by atoms with Crippen LogP contribution in [0.1, 0.15) is 33.5 Å². The van der Waals surface area contributed by atoms with Crippen LogP contribution >= 0.6 is 0 Å². The van der Waals surface area contributed by atoms with Crippen LogP contribution in [0.5, 0.6) is 5.75 Å². The Bertz CT molecular complexity index is 1380. The van der Waals surface area contributed by atoms with Crippen molar-refractivity contribution in [3.63, 3.8) is 0 Å². The molecule has 0 saturated carbocycles. The van der Waals surface area contributed by atoms with Crippen LogP contribution in [0.15, 0.2) is 42.5 Å². The topological polar surface area (TPSA) is 63.5 Å². The molecule has 0 saturated heterocycles. The molecular formula is C26H24N2O3. The van der Waals surface area contributed by atoms with Gasteiger partial charge in [0.25, 0.3) is 5.91 Å². The van der Waals surface area contributed by atoms with E-state index in [1.54, 1.807) is 7.11 Å². The van der Waals surface area contributed by atoms with E-state index in [-0.39, 0.29) is 12.5 Å². The van der Waals surface area contributed by atoms with E-state index in [2.05, 4.69) is 46.3 Å². The predicted octanol–water partition coefficient (Wildman–Crippen LogP) is 4.19. The SMILES string of the molecule is COc1ccc2c(c1)CCc1c-2c2c(c3c4ccccc4n(CCCO)c13)CNC2=O. The van der Waals surface area contributed by atoms with E-state index >= 15 is 0 Å². The molecule has 0 radical (unpaired) electrons. The number of carbonyl (C=O) groups is 1. The Hall–Kier alpha value is -3.31. The summed E-state index contributed by atoms with van der Waals surface area (Å²) in [6.07, 6.45) is 2.49. The van der Waals surface area contributed by atoms with Crippen molar-refractivity contribution >= 4 is 27.7 Å². The molecule has 5 nitrogen and oxygen atoms in total. The third-order valence-corrected chi connectivity index (χ3v) is 6.83. The summed E-state index contributed by atoms with van der Waals surface area (Å²) in [5.41, 5.74) is 9.01. The molecule has 0 bridgehead atoms. The number of aliphatic hydroxyl groups excluding tert-OH is 1. The summed E-state index contributed by atoms with van der Waals surface area (Å²) in [5, 5.41) is 15.0. The summed E-state index contributed by atoms with van der Waals surface area (Å²) in [6, 6.07) is 14.6. The maximum atomic E-state index is 13.1. The van der Waals surface area contributed by atoms with Crippen LogP contribution < -0.4 is 10.1 Å². The molecule has 6 rings (SSSR count). The fraction of sp³-hybridized carbons (Fsp3) is 0.269. The molecule has 0 spiro atoms. The molecule has 31 heavy (non-hydrogen) atoms. The first kappa shape index (κ1) is 18.5. The zero-order valence-corrected chi connectivity index (χ0v) is 17.5. The monoisotopic (exact) mass is 412 g/mol. The van der Waals surface area contributed by atoms with Crippen LogP contribution in [0, 0.1) is 0 Å². The second kappa shape index (κ2) is 6.86. The molecule has 1 aliphatic heterocycles. The first-order valence-electron chi connectivity index (χ1n) is 10.9. The number of para-hydroxylation sites is 1. The largest absolute Gasteiger partial charge is 0.497 e. The van der Waals surface area contributed by atoms with Crippen LogP contribution in [0.25, 0.3) is 32.9 Å². The lowest BCUT2D eigenvalue weighted by Crippen LogP contribution is -2.15. The van der Waals surface area contributed by atoms with Gasteiger partial charge in [-0.1, -0.05) is 24.3 Å². The molecule has 0 atom stereocenters. The lowest BCUT2D eigenvalue weighted by atomic mass is 9.80. The Balaban J connectivity index is 1.78. The first-order chi connectivity index (χ1) is 15.2. The van der Waals surface area contributed by atoms with E-state index in [1.165, 1.54) is 32.9 Å². The molecule has 2 N–H and O–H groups in total. The molecule has 0 unspecified atom stereocenters. The zero-order chi connectivity index (χ0) is 21.1. The van der Waals surface area contributed by atoms with Crippen molar-refractivity contribution < 1.29 is 14.6 Å². The Morgan fingerprint density at radius 2 is 1.97 bits per heavy atom. The summed E-state index contributed by atoms with van der Waals surface area (Å²) in [7, 11) is 1.69. The number of hydrogen-bond donors (Lipinski definition) is 2. The molecule has 0 fully saturated rings. The van der Waals surface area contributed by atoms with Crippen LogP contribution in [0.4, 0.5) is 0 Å². The number of aliphatic hydroxyl groups is 1. The third kappa shape index (κ3) is 2.50. The van der Waals surface area contributed by atoms with Gasteiger partial charge in [-0.25, -0.2) is 0 Å². The van der Waals surface area contributed by atoms with Crippen molar-refractivity contribution in [3.05, 3.63) is 64.7 Å². The van der Waals surface area contributed by atoms with Gasteiger partial charge >= 0.3 is 0 Å². The number of fused-ring (bicyclic) bond motifs is 10. The number of ether oxygens (including phenoxy) is 1. The van der Waals surface area contributed by atoms with E-state index < -0.39 is 0 Å². The maximum Gasteiger partial charge on any atom is 0.252 e. The first-order valence-corrected chi connectivity index (χ1v) is 10.9. The Labute approximate surface area is 180 Å². The number of methoxy groups -OCH3 is 1. The minimum absolute atomic E-state index is 0.0176. The van der Waals surface area contributed by atoms with Crippen molar-refractivity contribution in [2.24, 2.45) is 0 Å². The highest BCUT2D eigenvalue weighted by molar-refractivity contribution is 6.19. The molecule has 3 aromatic carbocycles. The number of carbonyl (C=O) groups excluding carboxylic acids is 1. The Kier molecular flexibility index (Phi) is 4.08. The average molecular weight is 412 g/mol. The zero-order valence-electron chi connectivity index (χ0n) is 17.5. The van der Waals surface area contributed by atoms with Gasteiger partial charge in [-0.15, -0.1) is 0 Å². The van der Waals surface area contributed by atoms with Gasteiger partial charge < -0.3 is 19.7 Å². The molecule has 1 aliphatic carbocycles. The molecule has 2 heterocycles. The summed E-state index contributed by atoms with van der Waals surface area (Å²) >= 11 is 0. The van der Waals surface area contributed by atoms with Gasteiger partial charge in [-0.2, -0.15) is 0 Å². The van der Waals surface area contributed by atoms with Gasteiger partial charge in [0.1, 0.15) is 5.75 Å². The molecule has 156 valence electrons. The Morgan fingerprint density at radius 3 is 2.81 bits per heavy atom. The number of rotatable bonds is 4. The Morgan fingerprint density at radius 1 is 1.10 bits per heavy atom. The summed E-state index contributed by atoms with van der Waals surface area (Å²) in [6.45, 7) is 1.46. The maximum absolute atomic E-state index is 13.1. The number of aryl methyl sites for hydroxylation is 3. The molecule has 1 aromatic heterocycles. The lowest BCUT2D eigenvalue weighted by molar-refractivity contribution is 0.0966. The van der Waals surface area contributed by atoms with Gasteiger partial charge in [0.2, 0.25) is 0 Å². The van der Waals surface area contributed by atoms with Crippen molar-refractivity contribution in [2.45, 2.75) is 32.4 Å². The van der Waals surface area contributed by atoms with Gasteiger partial charge in [0.05, 0.1) is 18.2 Å². The highest BCUT2D eigenvalue weighted by atomic mass is 16.5. The van der Waals surface area contributed by atoms with Crippen LogP contribution in [0.3, 0.4) is 0 Å². The van der Waals surface area contributed by atoms with Gasteiger partial charge in [0, 0.05) is 41.5 Å². The van der Waals surface area contributed by atoms with Gasteiger partial charge in [-0.3, -0.25) is 4.79 Å². The lowest BCUT2D eigenvalue weighted by Gasteiger charge is -2.25. The number of aromatic nitrogens is 1. The normalized spacial score (nSPS) is 14.5. The van der Waals surface area contributed by atoms with E-state index in [0.29, 0.717) is 13.0 Å². The molecule has 1 amide bonds. The number of nitrogens with zero attached hydrogens (tertiary/aromatic N) is 1. The van der Waals surface area contributed by atoms with E-state index in [4.69, 9.17) is 4.74 Å². The molecule has 4 aromatic rings. The fourth-order valence-electron chi connectivity index (χ4n) is 5.56. The number of amides is 1. The van der Waals surface area contributed by atoms with Crippen molar-refractivity contribution in [2.75, 3.05) is 13.7 Å². The summed E-state index contributed by atoms with van der Waals surface area (Å²) in [4.78, 5) is 13.1. The minimum atomic E-state index is 0.0176. The van der Waals surface area contributed by atoms with Crippen molar-refractivity contribution in [3.8, 4) is 16.9 Å². The van der Waals surface area contributed by atoms with Crippen LogP contribution in [-0.2, 0) is 25.9 Å². The number of hydrogen-bond acceptors (Lipinski definition) is 3. The quantitative estimate of drug-likeness (QED) is 0.528. The van der Waals surface area contributed by atoms with Gasteiger partial charge in [0.15, 0.2) is 0 Å². The van der Waals surface area contributed by atoms with Crippen LogP contribution in [-0.4, -0.2) is 29.3 Å². The highest BCUT2D eigenvalue weighted by Crippen LogP contribution is 2.47. The molecule has 5 heteroatoms. The number of nitrogens with one attached hydrogen (secondary N) is 1. The van der Waals surface area contributed by atoms with E-state index in [9.17, 15) is 9.90 Å². The van der Waals surface area contributed by atoms with E-state index in [0.717, 1.165) is 47.4 Å². The van der Waals surface area contributed by atoms with Crippen molar-refractivity contribution in [1.82, 2.24) is 9.88 Å². The second-order valence-electron chi connectivity index (χ2n) is 8.38. The van der Waals surface area contributed by atoms with E-state index in [1.807, 2.05) is 6.07 Å². The smallest absolute Gasteiger partial charge is 0.252 e.